The molecule has 2 nitrogen and oxygen atoms in total. The van der Waals surface area contributed by atoms with Gasteiger partial charge in [0.2, 0.25) is 0 Å². The maximum atomic E-state index is 9.74. The lowest BCUT2D eigenvalue weighted by molar-refractivity contribution is -0.131. The highest BCUT2D eigenvalue weighted by Crippen LogP contribution is 1.77. The molecule has 0 rings (SSSR count). The fourth-order valence-corrected chi connectivity index (χ4v) is 0.336. The van der Waals surface area contributed by atoms with E-state index >= 15 is 0 Å². The van der Waals surface area contributed by atoms with Crippen LogP contribution in [0.1, 0.15) is 6.42 Å². The first kappa shape index (κ1) is 7.30. The number of carboxylic acid groups (broad SMARTS) is 1. The molecule has 0 atom stereocenters. The zero-order valence-corrected chi connectivity index (χ0v) is 5.02. The van der Waals surface area contributed by atoms with E-state index in [2.05, 4.69) is 12.2 Å². The third kappa shape index (κ3) is 5.30. The third-order valence-corrected chi connectivity index (χ3v) is 0.685. The molecule has 0 aliphatic carbocycles. The Bertz CT molecular complexity index is 118. The van der Waals surface area contributed by atoms with Gasteiger partial charge in [-0.15, -0.1) is 0 Å². The van der Waals surface area contributed by atoms with Crippen LogP contribution in [0.3, 0.4) is 0 Å². The van der Waals surface area contributed by atoms with Gasteiger partial charge in [-0.05, 0) is 11.8 Å². The highest BCUT2D eigenvalue weighted by Gasteiger charge is 1.80. The van der Waals surface area contributed by atoms with Gasteiger partial charge in [-0.25, -0.2) is 4.79 Å². The van der Waals surface area contributed by atoms with Gasteiger partial charge in [0.15, 0.2) is 0 Å². The molecular formula is C5H6O2S. The number of carboxylic acids is 1. The van der Waals surface area contributed by atoms with Crippen LogP contribution in [0.25, 0.3) is 0 Å². The molecule has 0 saturated carbocycles. The summed E-state index contributed by atoms with van der Waals surface area (Å²) in [6, 6.07) is 0. The van der Waals surface area contributed by atoms with E-state index in [9.17, 15) is 4.79 Å². The molecule has 0 aromatic heterocycles. The van der Waals surface area contributed by atoms with Crippen molar-refractivity contribution in [3.63, 3.8) is 0 Å². The predicted molar refractivity (Wildman–Crippen MR) is 35.0 cm³/mol. The van der Waals surface area contributed by atoms with E-state index in [0.717, 1.165) is 6.08 Å². The van der Waals surface area contributed by atoms with Crippen LogP contribution in [-0.4, -0.2) is 16.4 Å². The molecule has 0 saturated heterocycles. The zero-order valence-electron chi connectivity index (χ0n) is 4.20. The lowest BCUT2D eigenvalue weighted by Crippen LogP contribution is -1.85. The molecule has 0 aliphatic heterocycles. The van der Waals surface area contributed by atoms with Crippen molar-refractivity contribution in [2.24, 2.45) is 0 Å². The van der Waals surface area contributed by atoms with E-state index in [4.69, 9.17) is 5.11 Å². The summed E-state index contributed by atoms with van der Waals surface area (Å²) >= 11 is 4.43. The highest BCUT2D eigenvalue weighted by atomic mass is 32.1. The highest BCUT2D eigenvalue weighted by molar-refractivity contribution is 7.78. The van der Waals surface area contributed by atoms with Crippen molar-refractivity contribution in [1.29, 1.82) is 0 Å². The molecule has 0 amide bonds. The summed E-state index contributed by atoms with van der Waals surface area (Å²) < 4.78 is 0. The van der Waals surface area contributed by atoms with E-state index in [-0.39, 0.29) is 0 Å². The van der Waals surface area contributed by atoms with Gasteiger partial charge in [-0.1, -0.05) is 18.3 Å². The molecule has 0 radical (unpaired) electrons. The van der Waals surface area contributed by atoms with E-state index < -0.39 is 5.97 Å². The van der Waals surface area contributed by atoms with Crippen LogP contribution in [0.2, 0.25) is 0 Å². The summed E-state index contributed by atoms with van der Waals surface area (Å²) in [6.45, 7) is 0. The van der Waals surface area contributed by atoms with E-state index in [0.29, 0.717) is 6.42 Å². The van der Waals surface area contributed by atoms with Gasteiger partial charge in [0, 0.05) is 6.08 Å². The molecule has 1 N–H and O–H groups in total. The lowest BCUT2D eigenvalue weighted by Gasteiger charge is -1.74. The average molecular weight is 130 g/mol. The van der Waals surface area contributed by atoms with Gasteiger partial charge < -0.3 is 5.11 Å². The molecule has 0 aliphatic rings. The maximum absolute atomic E-state index is 9.74. The van der Waals surface area contributed by atoms with E-state index in [1.807, 2.05) is 0 Å². The van der Waals surface area contributed by atoms with Gasteiger partial charge in [0.1, 0.15) is 0 Å². The lowest BCUT2D eigenvalue weighted by atomic mass is 10.4. The number of thiocarbonyl (C=S) groups is 1. The first-order valence-electron chi connectivity index (χ1n) is 2.10. The van der Waals surface area contributed by atoms with E-state index in [1.165, 1.54) is 11.4 Å². The number of aliphatic carboxylic acids is 1. The minimum Gasteiger partial charge on any atom is -0.478 e. The summed E-state index contributed by atoms with van der Waals surface area (Å²) in [6.07, 6.45) is 3.11. The molecule has 0 bridgehead atoms. The zero-order chi connectivity index (χ0) is 6.41. The second-order valence-corrected chi connectivity index (χ2v) is 1.48. The van der Waals surface area contributed by atoms with Crippen LogP contribution < -0.4 is 0 Å². The van der Waals surface area contributed by atoms with Gasteiger partial charge in [0.25, 0.3) is 0 Å². The summed E-state index contributed by atoms with van der Waals surface area (Å²) in [5.41, 5.74) is 0. The largest absolute Gasteiger partial charge is 0.478 e. The fourth-order valence-electron chi connectivity index (χ4n) is 0.224. The van der Waals surface area contributed by atoms with Crippen molar-refractivity contribution in [2.75, 3.05) is 0 Å². The summed E-state index contributed by atoms with van der Waals surface area (Å²) in [4.78, 5) is 9.74. The van der Waals surface area contributed by atoms with Crippen molar-refractivity contribution in [3.05, 3.63) is 12.2 Å². The number of carbonyl (C=O) groups is 1. The molecular weight excluding hydrogens is 124 g/mol. The Morgan fingerprint density at radius 3 is 2.75 bits per heavy atom. The second kappa shape index (κ2) is 4.46. The van der Waals surface area contributed by atoms with Gasteiger partial charge in [-0.2, -0.15) is 0 Å². The Kier molecular flexibility index (Phi) is 4.07. The minimum atomic E-state index is -0.929. The topological polar surface area (TPSA) is 37.3 Å². The number of allylic oxidation sites excluding steroid dienone is 1. The smallest absolute Gasteiger partial charge is 0.327 e. The Hall–Kier alpha value is -0.700. The summed E-state index contributed by atoms with van der Waals surface area (Å²) in [5.74, 6) is -0.929. The normalized spacial score (nSPS) is 9.50. The number of hydrogen-bond acceptors (Lipinski definition) is 2. The molecule has 3 heteroatoms. The van der Waals surface area contributed by atoms with Crippen molar-refractivity contribution in [1.82, 2.24) is 0 Å². The van der Waals surface area contributed by atoms with Gasteiger partial charge in [-0.3, -0.25) is 0 Å². The number of rotatable bonds is 3. The minimum absolute atomic E-state index is 0.543. The summed E-state index contributed by atoms with van der Waals surface area (Å²) in [5, 5.41) is 9.48. The van der Waals surface area contributed by atoms with Gasteiger partial charge >= 0.3 is 5.97 Å². The fraction of sp³-hybridized carbons (Fsp3) is 0.200. The summed E-state index contributed by atoms with van der Waals surface area (Å²) in [7, 11) is 0. The SMILES string of the molecule is O=C(O)C=CCC=S. The molecule has 0 heterocycles. The monoisotopic (exact) mass is 130 g/mol. The van der Waals surface area contributed by atoms with E-state index in [1.54, 1.807) is 0 Å². The van der Waals surface area contributed by atoms with Crippen molar-refractivity contribution in [3.8, 4) is 0 Å². The second-order valence-electron chi connectivity index (χ2n) is 1.14. The molecule has 0 spiro atoms. The molecule has 0 unspecified atom stereocenters. The molecule has 44 valence electrons. The van der Waals surface area contributed by atoms with Crippen LogP contribution in [0.4, 0.5) is 0 Å². The van der Waals surface area contributed by atoms with Crippen LogP contribution in [-0.2, 0) is 4.79 Å². The van der Waals surface area contributed by atoms with Crippen LogP contribution >= 0.6 is 12.2 Å². The standard InChI is InChI=1S/C5H6O2S/c6-5(7)3-1-2-4-8/h1,3-4H,2H2,(H,6,7). The third-order valence-electron chi connectivity index (χ3n) is 0.493. The molecule has 0 aromatic carbocycles. The molecule has 8 heavy (non-hydrogen) atoms. The molecule has 0 aromatic rings. The first-order valence-corrected chi connectivity index (χ1v) is 2.57. The van der Waals surface area contributed by atoms with Crippen molar-refractivity contribution < 1.29 is 9.90 Å². The first-order chi connectivity index (χ1) is 3.77. The van der Waals surface area contributed by atoms with Crippen LogP contribution in [0, 0.1) is 0 Å². The van der Waals surface area contributed by atoms with Crippen LogP contribution in [0.15, 0.2) is 12.2 Å². The number of hydrogen-bond donors (Lipinski definition) is 1. The predicted octanol–water partition coefficient (Wildman–Crippen LogP) is 1.02. The Morgan fingerprint density at radius 1 is 1.75 bits per heavy atom. The average Bonchev–Trinajstić information content (AvgIpc) is 1.66. The Balaban J connectivity index is 3.34. The molecule has 0 fully saturated rings. The Morgan fingerprint density at radius 2 is 2.38 bits per heavy atom. The Labute approximate surface area is 52.8 Å². The van der Waals surface area contributed by atoms with Crippen molar-refractivity contribution in [2.45, 2.75) is 6.42 Å². The quantitative estimate of drug-likeness (QED) is 0.457. The van der Waals surface area contributed by atoms with Gasteiger partial charge in [0.05, 0.1) is 0 Å². The van der Waals surface area contributed by atoms with Crippen molar-refractivity contribution >= 4 is 23.6 Å². The van der Waals surface area contributed by atoms with Crippen LogP contribution in [0.5, 0.6) is 0 Å². The maximum Gasteiger partial charge on any atom is 0.327 e.